The Hall–Kier alpha value is -1.49. The molecule has 4 nitrogen and oxygen atoms in total. The lowest BCUT2D eigenvalue weighted by molar-refractivity contribution is 0.102. The number of hydrogen-bond donors (Lipinski definition) is 1. The topological polar surface area (TPSA) is 51.2 Å². The molecule has 0 spiro atoms. The van der Waals surface area contributed by atoms with Crippen molar-refractivity contribution in [2.24, 2.45) is 0 Å². The zero-order chi connectivity index (χ0) is 14.7. The molecular weight excluding hydrogens is 323 g/mol. The van der Waals surface area contributed by atoms with Crippen LogP contribution in [0.15, 0.2) is 30.3 Å². The fourth-order valence-corrected chi connectivity index (χ4v) is 2.05. The number of nitrogens with zero attached hydrogens (tertiary/aromatic N) is 1. The van der Waals surface area contributed by atoms with E-state index in [4.69, 9.17) is 39.5 Å². The highest BCUT2D eigenvalue weighted by atomic mass is 35.5. The largest absolute Gasteiger partial charge is 0.495 e. The van der Waals surface area contributed by atoms with Crippen molar-refractivity contribution in [3.63, 3.8) is 0 Å². The summed E-state index contributed by atoms with van der Waals surface area (Å²) in [6.07, 6.45) is 0. The van der Waals surface area contributed by atoms with E-state index in [2.05, 4.69) is 10.3 Å². The van der Waals surface area contributed by atoms with E-state index in [0.29, 0.717) is 16.5 Å². The lowest BCUT2D eigenvalue weighted by Crippen LogP contribution is -2.15. The second-order valence-corrected chi connectivity index (χ2v) is 4.99. The van der Waals surface area contributed by atoms with Gasteiger partial charge in [0.05, 0.1) is 17.8 Å². The molecule has 0 fully saturated rings. The van der Waals surface area contributed by atoms with Crippen molar-refractivity contribution >= 4 is 46.4 Å². The summed E-state index contributed by atoms with van der Waals surface area (Å²) in [7, 11) is 1.49. The third-order valence-corrected chi connectivity index (χ3v) is 3.19. The van der Waals surface area contributed by atoms with Crippen LogP contribution < -0.4 is 10.1 Å². The van der Waals surface area contributed by atoms with Gasteiger partial charge in [-0.05, 0) is 30.3 Å². The molecule has 20 heavy (non-hydrogen) atoms. The van der Waals surface area contributed by atoms with Crippen LogP contribution in [0.5, 0.6) is 5.75 Å². The van der Waals surface area contributed by atoms with Gasteiger partial charge in [0, 0.05) is 5.02 Å². The molecular formula is C13H9Cl3N2O2. The molecule has 1 aromatic heterocycles. The molecule has 0 radical (unpaired) electrons. The first-order valence-corrected chi connectivity index (χ1v) is 6.61. The number of carbonyl (C=O) groups is 1. The number of anilines is 1. The number of methoxy groups -OCH3 is 1. The van der Waals surface area contributed by atoms with Crippen LogP contribution in [0.4, 0.5) is 5.69 Å². The average molecular weight is 332 g/mol. The summed E-state index contributed by atoms with van der Waals surface area (Å²) < 4.78 is 5.14. The lowest BCUT2D eigenvalue weighted by Gasteiger charge is -2.10. The van der Waals surface area contributed by atoms with Crippen molar-refractivity contribution in [2.45, 2.75) is 0 Å². The van der Waals surface area contributed by atoms with Gasteiger partial charge in [-0.1, -0.05) is 34.8 Å². The zero-order valence-corrected chi connectivity index (χ0v) is 12.6. The molecule has 0 saturated carbocycles. The van der Waals surface area contributed by atoms with Crippen molar-refractivity contribution < 1.29 is 9.53 Å². The summed E-state index contributed by atoms with van der Waals surface area (Å²) in [5.74, 6) is -0.0287. The van der Waals surface area contributed by atoms with Gasteiger partial charge >= 0.3 is 0 Å². The van der Waals surface area contributed by atoms with Crippen LogP contribution in [0.2, 0.25) is 15.2 Å². The Morgan fingerprint density at radius 1 is 1.20 bits per heavy atom. The normalized spacial score (nSPS) is 10.2. The molecule has 0 unspecified atom stereocenters. The molecule has 0 bridgehead atoms. The van der Waals surface area contributed by atoms with Gasteiger partial charge in [0.1, 0.15) is 16.6 Å². The number of hydrogen-bond acceptors (Lipinski definition) is 3. The van der Waals surface area contributed by atoms with Crippen LogP contribution in [0.25, 0.3) is 0 Å². The fraction of sp³-hybridized carbons (Fsp3) is 0.0769. The number of carbonyl (C=O) groups excluding carboxylic acids is 1. The Balaban J connectivity index is 2.32. The van der Waals surface area contributed by atoms with Crippen LogP contribution in [0.1, 0.15) is 10.5 Å². The lowest BCUT2D eigenvalue weighted by atomic mass is 10.2. The maximum atomic E-state index is 12.2. The summed E-state index contributed by atoms with van der Waals surface area (Å²) >= 11 is 17.6. The minimum Gasteiger partial charge on any atom is -0.495 e. The molecule has 1 heterocycles. The first-order chi connectivity index (χ1) is 9.51. The van der Waals surface area contributed by atoms with Crippen LogP contribution in [-0.4, -0.2) is 18.0 Å². The Morgan fingerprint density at radius 2 is 1.95 bits per heavy atom. The molecule has 1 amide bonds. The molecule has 2 rings (SSSR count). The summed E-state index contributed by atoms with van der Waals surface area (Å²) in [6.45, 7) is 0. The number of pyridine rings is 1. The van der Waals surface area contributed by atoms with E-state index < -0.39 is 5.91 Å². The molecule has 0 aliphatic carbocycles. The number of rotatable bonds is 3. The quantitative estimate of drug-likeness (QED) is 0.853. The van der Waals surface area contributed by atoms with Crippen molar-refractivity contribution in [1.82, 2.24) is 4.98 Å². The first kappa shape index (κ1) is 14.9. The van der Waals surface area contributed by atoms with Crippen molar-refractivity contribution in [2.75, 3.05) is 12.4 Å². The van der Waals surface area contributed by atoms with E-state index in [1.54, 1.807) is 18.2 Å². The van der Waals surface area contributed by atoms with Crippen LogP contribution in [-0.2, 0) is 0 Å². The molecule has 1 N–H and O–H groups in total. The number of halogens is 3. The Morgan fingerprint density at radius 3 is 2.65 bits per heavy atom. The average Bonchev–Trinajstić information content (AvgIpc) is 2.41. The molecule has 0 aliphatic heterocycles. The van der Waals surface area contributed by atoms with E-state index in [9.17, 15) is 4.79 Å². The second-order valence-electron chi connectivity index (χ2n) is 3.76. The number of benzene rings is 1. The summed E-state index contributed by atoms with van der Waals surface area (Å²) in [4.78, 5) is 16.0. The Kier molecular flexibility index (Phi) is 4.70. The van der Waals surface area contributed by atoms with Gasteiger partial charge in [-0.2, -0.15) is 0 Å². The highest BCUT2D eigenvalue weighted by Gasteiger charge is 2.15. The minimum absolute atomic E-state index is 0.0289. The molecule has 1 aromatic carbocycles. The Bertz CT molecular complexity index is 662. The molecule has 0 atom stereocenters. The molecule has 7 heteroatoms. The number of nitrogens with one attached hydrogen (secondary N) is 1. The van der Waals surface area contributed by atoms with E-state index in [-0.39, 0.29) is 15.9 Å². The van der Waals surface area contributed by atoms with Crippen molar-refractivity contribution in [3.05, 3.63) is 51.2 Å². The van der Waals surface area contributed by atoms with Crippen LogP contribution >= 0.6 is 34.8 Å². The van der Waals surface area contributed by atoms with Gasteiger partial charge in [0.2, 0.25) is 0 Å². The monoisotopic (exact) mass is 330 g/mol. The van der Waals surface area contributed by atoms with Gasteiger partial charge in [0.25, 0.3) is 5.91 Å². The SMILES string of the molecule is COc1ccc(Cl)cc1NC(=O)c1nc(Cl)ccc1Cl. The van der Waals surface area contributed by atoms with Gasteiger partial charge in [-0.25, -0.2) is 4.98 Å². The molecule has 0 saturated heterocycles. The first-order valence-electron chi connectivity index (χ1n) is 5.48. The third kappa shape index (κ3) is 3.33. The van der Waals surface area contributed by atoms with Gasteiger partial charge in [0.15, 0.2) is 0 Å². The molecule has 104 valence electrons. The van der Waals surface area contributed by atoms with Crippen molar-refractivity contribution in [1.29, 1.82) is 0 Å². The maximum Gasteiger partial charge on any atom is 0.275 e. The fourth-order valence-electron chi connectivity index (χ4n) is 1.54. The number of aromatic nitrogens is 1. The predicted molar refractivity (Wildman–Crippen MR) is 80.2 cm³/mol. The smallest absolute Gasteiger partial charge is 0.275 e. The van der Waals surface area contributed by atoms with Crippen LogP contribution in [0, 0.1) is 0 Å². The van der Waals surface area contributed by atoms with Gasteiger partial charge in [-0.15, -0.1) is 0 Å². The highest BCUT2D eigenvalue weighted by molar-refractivity contribution is 6.35. The zero-order valence-electron chi connectivity index (χ0n) is 10.3. The Labute approximate surface area is 130 Å². The predicted octanol–water partition coefficient (Wildman–Crippen LogP) is 4.30. The van der Waals surface area contributed by atoms with E-state index in [1.165, 1.54) is 19.2 Å². The minimum atomic E-state index is -0.502. The number of amides is 1. The molecule has 2 aromatic rings. The standard InChI is InChI=1S/C13H9Cl3N2O2/c1-20-10-4-2-7(14)6-9(10)17-13(19)12-8(15)3-5-11(16)18-12/h2-6H,1H3,(H,17,19). The van der Waals surface area contributed by atoms with Gasteiger partial charge in [-0.3, -0.25) is 4.79 Å². The number of ether oxygens (including phenoxy) is 1. The highest BCUT2D eigenvalue weighted by Crippen LogP contribution is 2.28. The maximum absolute atomic E-state index is 12.2. The van der Waals surface area contributed by atoms with E-state index in [1.807, 2.05) is 0 Å². The van der Waals surface area contributed by atoms with E-state index >= 15 is 0 Å². The van der Waals surface area contributed by atoms with Crippen LogP contribution in [0.3, 0.4) is 0 Å². The summed E-state index contributed by atoms with van der Waals surface area (Å²) in [6, 6.07) is 7.87. The third-order valence-electron chi connectivity index (χ3n) is 2.44. The van der Waals surface area contributed by atoms with Gasteiger partial charge < -0.3 is 10.1 Å². The second kappa shape index (κ2) is 6.31. The van der Waals surface area contributed by atoms with Crippen molar-refractivity contribution in [3.8, 4) is 5.75 Å². The van der Waals surface area contributed by atoms with E-state index in [0.717, 1.165) is 0 Å². The summed E-state index contributed by atoms with van der Waals surface area (Å²) in [5.41, 5.74) is 0.448. The molecule has 0 aliphatic rings. The summed E-state index contributed by atoms with van der Waals surface area (Å²) in [5, 5.41) is 3.48.